The third kappa shape index (κ3) is 2.97. The number of hydrogen-bond acceptors (Lipinski definition) is 4. The quantitative estimate of drug-likeness (QED) is 0.872. The highest BCUT2D eigenvalue weighted by molar-refractivity contribution is 7.09. The second-order valence-electron chi connectivity index (χ2n) is 4.24. The molecule has 0 aliphatic rings. The Morgan fingerprint density at radius 2 is 2.28 bits per heavy atom. The molecule has 2 heterocycles. The van der Waals surface area contributed by atoms with Crippen LogP contribution in [-0.4, -0.2) is 21.3 Å². The van der Waals surface area contributed by atoms with Crippen molar-refractivity contribution in [3.63, 3.8) is 0 Å². The Balaban J connectivity index is 2.17. The summed E-state index contributed by atoms with van der Waals surface area (Å²) < 4.78 is 2.05. The van der Waals surface area contributed by atoms with Gasteiger partial charge >= 0.3 is 0 Å². The third-order valence-corrected chi connectivity index (χ3v) is 3.76. The number of nitrogens with one attached hydrogen (secondary N) is 1. The molecule has 18 heavy (non-hydrogen) atoms. The molecule has 0 amide bonds. The van der Waals surface area contributed by atoms with Crippen molar-refractivity contribution in [1.29, 1.82) is 0 Å². The summed E-state index contributed by atoms with van der Waals surface area (Å²) in [5.74, 6) is 0. The maximum atomic E-state index is 4.55. The van der Waals surface area contributed by atoms with Crippen LogP contribution in [0.2, 0.25) is 0 Å². The zero-order chi connectivity index (χ0) is 13.0. The third-order valence-electron chi connectivity index (χ3n) is 2.94. The molecule has 0 bridgehead atoms. The zero-order valence-electron chi connectivity index (χ0n) is 11.2. The van der Waals surface area contributed by atoms with Crippen LogP contribution in [0.5, 0.6) is 0 Å². The molecule has 98 valence electrons. The van der Waals surface area contributed by atoms with Gasteiger partial charge in [-0.15, -0.1) is 11.3 Å². The Kier molecular flexibility index (Phi) is 4.49. The smallest absolute Gasteiger partial charge is 0.0897 e. The Bertz CT molecular complexity index is 489. The minimum absolute atomic E-state index is 0.291. The van der Waals surface area contributed by atoms with E-state index in [1.54, 1.807) is 11.3 Å². The number of likely N-dealkylation sites (N-methyl/N-ethyl adjacent to an activating group) is 1. The largest absolute Gasteiger partial charge is 0.309 e. The van der Waals surface area contributed by atoms with Gasteiger partial charge in [0, 0.05) is 24.5 Å². The topological polar surface area (TPSA) is 42.7 Å². The number of rotatable bonds is 6. The Hall–Kier alpha value is -1.20. The molecule has 0 aliphatic carbocycles. The SMILES string of the molecule is CCNC(Cc1csc(C)n1)c1ccnn1CC. The van der Waals surface area contributed by atoms with Gasteiger partial charge in [-0.05, 0) is 26.5 Å². The van der Waals surface area contributed by atoms with Gasteiger partial charge in [0.1, 0.15) is 0 Å². The standard InChI is InChI=1S/C13H20N4S/c1-4-14-12(8-11-9-18-10(3)16-11)13-6-7-15-17(13)5-2/h6-7,9,12,14H,4-5,8H2,1-3H3. The molecule has 4 nitrogen and oxygen atoms in total. The molecule has 2 aromatic rings. The van der Waals surface area contributed by atoms with E-state index in [0.29, 0.717) is 6.04 Å². The summed E-state index contributed by atoms with van der Waals surface area (Å²) in [5, 5.41) is 11.1. The zero-order valence-corrected chi connectivity index (χ0v) is 12.0. The molecule has 0 aliphatic heterocycles. The van der Waals surface area contributed by atoms with Crippen LogP contribution in [0.1, 0.15) is 36.3 Å². The second-order valence-corrected chi connectivity index (χ2v) is 5.31. The van der Waals surface area contributed by atoms with Crippen molar-refractivity contribution < 1.29 is 0 Å². The van der Waals surface area contributed by atoms with Gasteiger partial charge in [0.2, 0.25) is 0 Å². The second kappa shape index (κ2) is 6.11. The molecule has 5 heteroatoms. The lowest BCUT2D eigenvalue weighted by Gasteiger charge is -2.18. The van der Waals surface area contributed by atoms with Gasteiger partial charge in [-0.25, -0.2) is 4.98 Å². The van der Waals surface area contributed by atoms with E-state index in [1.807, 2.05) is 17.8 Å². The molecule has 0 fully saturated rings. The number of nitrogens with zero attached hydrogens (tertiary/aromatic N) is 3. The first-order chi connectivity index (χ1) is 8.74. The fourth-order valence-corrected chi connectivity index (χ4v) is 2.77. The van der Waals surface area contributed by atoms with Gasteiger partial charge in [0.25, 0.3) is 0 Å². The molecule has 2 aromatic heterocycles. The van der Waals surface area contributed by atoms with Crippen molar-refractivity contribution in [2.24, 2.45) is 0 Å². The van der Waals surface area contributed by atoms with Gasteiger partial charge < -0.3 is 5.32 Å². The number of aryl methyl sites for hydroxylation is 2. The molecule has 1 N–H and O–H groups in total. The summed E-state index contributed by atoms with van der Waals surface area (Å²) in [6.07, 6.45) is 2.79. The van der Waals surface area contributed by atoms with Crippen molar-refractivity contribution in [2.75, 3.05) is 6.54 Å². The van der Waals surface area contributed by atoms with Crippen LogP contribution in [0.4, 0.5) is 0 Å². The molecule has 0 saturated carbocycles. The Labute approximate surface area is 112 Å². The van der Waals surface area contributed by atoms with E-state index >= 15 is 0 Å². The van der Waals surface area contributed by atoms with Crippen LogP contribution >= 0.6 is 11.3 Å². The van der Waals surface area contributed by atoms with Gasteiger partial charge in [0.15, 0.2) is 0 Å². The Morgan fingerprint density at radius 3 is 2.89 bits per heavy atom. The van der Waals surface area contributed by atoms with Gasteiger partial charge in [-0.2, -0.15) is 5.10 Å². The lowest BCUT2D eigenvalue weighted by molar-refractivity contribution is 0.487. The molecule has 2 rings (SSSR count). The molecule has 1 unspecified atom stereocenters. The molecular weight excluding hydrogens is 244 g/mol. The summed E-state index contributed by atoms with van der Waals surface area (Å²) in [5.41, 5.74) is 2.40. The first kappa shape index (κ1) is 13.2. The lowest BCUT2D eigenvalue weighted by Crippen LogP contribution is -2.25. The van der Waals surface area contributed by atoms with E-state index in [1.165, 1.54) is 5.69 Å². The average molecular weight is 264 g/mol. The van der Waals surface area contributed by atoms with Crippen molar-refractivity contribution in [3.8, 4) is 0 Å². The van der Waals surface area contributed by atoms with E-state index in [9.17, 15) is 0 Å². The first-order valence-electron chi connectivity index (χ1n) is 6.40. The highest BCUT2D eigenvalue weighted by Gasteiger charge is 2.16. The predicted octanol–water partition coefficient (Wildman–Crippen LogP) is 2.56. The van der Waals surface area contributed by atoms with Crippen molar-refractivity contribution in [1.82, 2.24) is 20.1 Å². The number of aromatic nitrogens is 3. The molecule has 0 radical (unpaired) electrons. The van der Waals surface area contributed by atoms with E-state index in [4.69, 9.17) is 0 Å². The molecule has 0 aromatic carbocycles. The summed E-state index contributed by atoms with van der Waals surface area (Å²) in [6, 6.07) is 2.38. The van der Waals surface area contributed by atoms with Crippen molar-refractivity contribution in [3.05, 3.63) is 34.0 Å². The highest BCUT2D eigenvalue weighted by Crippen LogP contribution is 2.19. The Morgan fingerprint density at radius 1 is 1.44 bits per heavy atom. The van der Waals surface area contributed by atoms with Crippen LogP contribution in [-0.2, 0) is 13.0 Å². The monoisotopic (exact) mass is 264 g/mol. The molecule has 0 spiro atoms. The van der Waals surface area contributed by atoms with Crippen LogP contribution in [0.15, 0.2) is 17.6 Å². The maximum absolute atomic E-state index is 4.55. The number of thiazole rings is 1. The van der Waals surface area contributed by atoms with Gasteiger partial charge in [-0.1, -0.05) is 6.92 Å². The summed E-state index contributed by atoms with van der Waals surface area (Å²) in [6.45, 7) is 8.15. The fourth-order valence-electron chi connectivity index (χ4n) is 2.14. The number of hydrogen-bond donors (Lipinski definition) is 1. The van der Waals surface area contributed by atoms with Crippen LogP contribution in [0, 0.1) is 6.92 Å². The van der Waals surface area contributed by atoms with Gasteiger partial charge in [-0.3, -0.25) is 4.68 Å². The first-order valence-corrected chi connectivity index (χ1v) is 7.28. The molecular formula is C13H20N4S. The van der Waals surface area contributed by atoms with Crippen LogP contribution in [0.3, 0.4) is 0 Å². The fraction of sp³-hybridized carbons (Fsp3) is 0.538. The highest BCUT2D eigenvalue weighted by atomic mass is 32.1. The summed E-state index contributed by atoms with van der Waals surface area (Å²) in [7, 11) is 0. The summed E-state index contributed by atoms with van der Waals surface area (Å²) >= 11 is 1.71. The lowest BCUT2D eigenvalue weighted by atomic mass is 10.1. The van der Waals surface area contributed by atoms with E-state index < -0.39 is 0 Å². The average Bonchev–Trinajstić information content (AvgIpc) is 2.97. The predicted molar refractivity (Wildman–Crippen MR) is 74.9 cm³/mol. The maximum Gasteiger partial charge on any atom is 0.0897 e. The molecule has 1 atom stereocenters. The summed E-state index contributed by atoms with van der Waals surface area (Å²) in [4.78, 5) is 4.55. The minimum Gasteiger partial charge on any atom is -0.309 e. The normalized spacial score (nSPS) is 12.8. The van der Waals surface area contributed by atoms with Crippen LogP contribution in [0.25, 0.3) is 0 Å². The minimum atomic E-state index is 0.291. The van der Waals surface area contributed by atoms with Crippen molar-refractivity contribution >= 4 is 11.3 Å². The van der Waals surface area contributed by atoms with Gasteiger partial charge in [0.05, 0.1) is 22.4 Å². The van der Waals surface area contributed by atoms with E-state index in [0.717, 1.165) is 30.2 Å². The van der Waals surface area contributed by atoms with Crippen molar-refractivity contribution in [2.45, 2.75) is 39.8 Å². The van der Waals surface area contributed by atoms with E-state index in [-0.39, 0.29) is 0 Å². The van der Waals surface area contributed by atoms with Crippen LogP contribution < -0.4 is 5.32 Å². The molecule has 0 saturated heterocycles. The van der Waals surface area contributed by atoms with E-state index in [2.05, 4.69) is 40.7 Å².